The van der Waals surface area contributed by atoms with Gasteiger partial charge in [0.15, 0.2) is 16.7 Å². The number of hydrogen-bond acceptors (Lipinski definition) is 7. The van der Waals surface area contributed by atoms with Gasteiger partial charge in [-0.15, -0.1) is 0 Å². The Hall–Kier alpha value is -3.20. The van der Waals surface area contributed by atoms with E-state index in [0.29, 0.717) is 28.1 Å². The summed E-state index contributed by atoms with van der Waals surface area (Å²) in [5.41, 5.74) is 6.93. The van der Waals surface area contributed by atoms with Crippen LogP contribution < -0.4 is 19.9 Å². The Morgan fingerprint density at radius 1 is 1.10 bits per heavy atom. The molecule has 0 saturated carbocycles. The molecule has 30 heavy (non-hydrogen) atoms. The number of carbonyl (C=O) groups is 2. The number of amidine groups is 1. The van der Waals surface area contributed by atoms with Crippen molar-refractivity contribution in [2.24, 2.45) is 10.7 Å². The van der Waals surface area contributed by atoms with Gasteiger partial charge >= 0.3 is 0 Å². The van der Waals surface area contributed by atoms with Gasteiger partial charge in [0.05, 0.1) is 38.8 Å². The van der Waals surface area contributed by atoms with E-state index in [2.05, 4.69) is 4.99 Å². The minimum absolute atomic E-state index is 0.0227. The van der Waals surface area contributed by atoms with Crippen LogP contribution in [0.3, 0.4) is 0 Å². The molecule has 2 N–H and O–H groups in total. The molecule has 1 atom stereocenters. The molecule has 1 aliphatic heterocycles. The quantitative estimate of drug-likeness (QED) is 0.726. The average Bonchev–Trinajstić information content (AvgIpc) is 2.76. The Morgan fingerprint density at radius 2 is 1.80 bits per heavy atom. The Bertz CT molecular complexity index is 962. The largest absolute Gasteiger partial charge is 0.497 e. The second kappa shape index (κ2) is 9.53. The first-order valence-electron chi connectivity index (χ1n) is 9.15. The lowest BCUT2D eigenvalue weighted by Crippen LogP contribution is -2.45. The molecule has 1 aliphatic rings. The Morgan fingerprint density at radius 3 is 2.40 bits per heavy atom. The minimum atomic E-state index is -0.656. The fourth-order valence-electron chi connectivity index (χ4n) is 2.94. The van der Waals surface area contributed by atoms with Crippen molar-refractivity contribution in [1.29, 1.82) is 0 Å². The van der Waals surface area contributed by atoms with E-state index in [-0.39, 0.29) is 18.9 Å². The smallest absolute Gasteiger partial charge is 0.231 e. The molecule has 1 saturated heterocycles. The summed E-state index contributed by atoms with van der Waals surface area (Å²) in [7, 11) is 4.70. The molecule has 3 rings (SSSR count). The van der Waals surface area contributed by atoms with E-state index in [4.69, 9.17) is 19.9 Å². The van der Waals surface area contributed by atoms with Crippen molar-refractivity contribution in [2.75, 3.05) is 21.3 Å². The fraction of sp³-hybridized carbons (Fsp3) is 0.286. The number of ether oxygens (including phenoxy) is 3. The third-order valence-electron chi connectivity index (χ3n) is 4.54. The lowest BCUT2D eigenvalue weighted by atomic mass is 10.1. The van der Waals surface area contributed by atoms with Crippen LogP contribution in [0.5, 0.6) is 17.2 Å². The van der Waals surface area contributed by atoms with E-state index in [1.165, 1.54) is 11.8 Å². The highest BCUT2D eigenvalue weighted by Gasteiger charge is 2.35. The molecule has 2 amide bonds. The van der Waals surface area contributed by atoms with E-state index in [1.54, 1.807) is 56.6 Å². The Balaban J connectivity index is 1.93. The van der Waals surface area contributed by atoms with E-state index < -0.39 is 11.2 Å². The van der Waals surface area contributed by atoms with Gasteiger partial charge in [-0.05, 0) is 42.0 Å². The number of thioether (sulfide) groups is 1. The zero-order chi connectivity index (χ0) is 21.7. The van der Waals surface area contributed by atoms with Gasteiger partial charge in [-0.3, -0.25) is 14.5 Å². The molecule has 1 unspecified atom stereocenters. The summed E-state index contributed by atoms with van der Waals surface area (Å²) in [4.78, 5) is 30.7. The molecule has 158 valence electrons. The van der Waals surface area contributed by atoms with Crippen LogP contribution in [0.2, 0.25) is 0 Å². The molecule has 1 heterocycles. The average molecular weight is 429 g/mol. The molecule has 1 fully saturated rings. The molecule has 0 spiro atoms. The van der Waals surface area contributed by atoms with Crippen molar-refractivity contribution < 1.29 is 23.8 Å². The summed E-state index contributed by atoms with van der Waals surface area (Å²) in [5, 5.41) is -0.244. The van der Waals surface area contributed by atoms with Crippen molar-refractivity contribution >= 4 is 34.4 Å². The van der Waals surface area contributed by atoms with Crippen LogP contribution >= 0.6 is 11.8 Å². The number of amides is 2. The highest BCUT2D eigenvalue weighted by atomic mass is 32.2. The molecular formula is C21H23N3O5S. The second-order valence-corrected chi connectivity index (χ2v) is 7.64. The minimum Gasteiger partial charge on any atom is -0.497 e. The first-order chi connectivity index (χ1) is 14.4. The van der Waals surface area contributed by atoms with Crippen LogP contribution in [0.1, 0.15) is 12.0 Å². The molecule has 0 radical (unpaired) electrons. The zero-order valence-electron chi connectivity index (χ0n) is 17.0. The van der Waals surface area contributed by atoms with Gasteiger partial charge in [0, 0.05) is 6.42 Å². The first kappa shape index (κ1) is 21.5. The van der Waals surface area contributed by atoms with Gasteiger partial charge in [0.25, 0.3) is 0 Å². The lowest BCUT2D eigenvalue weighted by molar-refractivity contribution is -0.130. The topological polar surface area (TPSA) is 103 Å². The van der Waals surface area contributed by atoms with E-state index in [1.807, 2.05) is 12.1 Å². The molecule has 2 aromatic carbocycles. The molecule has 0 aromatic heterocycles. The maximum absolute atomic E-state index is 12.8. The predicted octanol–water partition coefficient (Wildman–Crippen LogP) is 2.72. The summed E-state index contributed by atoms with van der Waals surface area (Å²) in [5.74, 6) is 1.10. The number of primary amides is 1. The molecule has 9 heteroatoms. The summed E-state index contributed by atoms with van der Waals surface area (Å²) >= 11 is 1.19. The van der Waals surface area contributed by atoms with Gasteiger partial charge in [0.2, 0.25) is 11.8 Å². The van der Waals surface area contributed by atoms with Gasteiger partial charge in [-0.1, -0.05) is 17.8 Å². The standard InChI is InChI=1S/C21H23N3O5S/c1-27-15-7-5-14(6-8-15)23-21-24(19(25)11-18(30-21)20(22)26)12-13-4-9-16(28-2)17(10-13)29-3/h4-10,18H,11-12H2,1-3H3,(H2,22,26). The van der Waals surface area contributed by atoms with Crippen LogP contribution in [-0.2, 0) is 16.1 Å². The maximum Gasteiger partial charge on any atom is 0.231 e. The Kier molecular flexibility index (Phi) is 6.83. The van der Waals surface area contributed by atoms with E-state index in [9.17, 15) is 9.59 Å². The van der Waals surface area contributed by atoms with Crippen LogP contribution in [0.25, 0.3) is 0 Å². The van der Waals surface area contributed by atoms with Crippen LogP contribution in [0.15, 0.2) is 47.5 Å². The summed E-state index contributed by atoms with van der Waals surface area (Å²) in [6.45, 7) is 0.270. The highest BCUT2D eigenvalue weighted by molar-refractivity contribution is 8.15. The predicted molar refractivity (Wildman–Crippen MR) is 115 cm³/mol. The van der Waals surface area contributed by atoms with Gasteiger partial charge in [0.1, 0.15) is 5.75 Å². The van der Waals surface area contributed by atoms with Crippen LogP contribution in [0, 0.1) is 0 Å². The molecule has 2 aromatic rings. The number of carbonyl (C=O) groups excluding carboxylic acids is 2. The second-order valence-electron chi connectivity index (χ2n) is 6.47. The van der Waals surface area contributed by atoms with Gasteiger partial charge in [-0.2, -0.15) is 0 Å². The Labute approximate surface area is 179 Å². The number of nitrogens with two attached hydrogens (primary N) is 1. The first-order valence-corrected chi connectivity index (χ1v) is 10.0. The number of hydrogen-bond donors (Lipinski definition) is 1. The normalized spacial score (nSPS) is 17.7. The monoisotopic (exact) mass is 429 g/mol. The number of benzene rings is 2. The molecule has 0 aliphatic carbocycles. The van der Waals surface area contributed by atoms with E-state index in [0.717, 1.165) is 5.56 Å². The molecule has 0 bridgehead atoms. The van der Waals surface area contributed by atoms with Gasteiger partial charge < -0.3 is 19.9 Å². The third kappa shape index (κ3) is 4.85. The number of rotatable bonds is 7. The van der Waals surface area contributed by atoms with Crippen molar-refractivity contribution in [3.8, 4) is 17.2 Å². The van der Waals surface area contributed by atoms with Crippen molar-refractivity contribution in [3.63, 3.8) is 0 Å². The molecule has 8 nitrogen and oxygen atoms in total. The lowest BCUT2D eigenvalue weighted by Gasteiger charge is -2.31. The maximum atomic E-state index is 12.8. The number of nitrogens with zero attached hydrogens (tertiary/aromatic N) is 2. The van der Waals surface area contributed by atoms with Crippen molar-refractivity contribution in [2.45, 2.75) is 18.2 Å². The summed E-state index contributed by atoms with van der Waals surface area (Å²) in [6.07, 6.45) is 0.0227. The van der Waals surface area contributed by atoms with Crippen LogP contribution in [0.4, 0.5) is 5.69 Å². The highest BCUT2D eigenvalue weighted by Crippen LogP contribution is 2.32. The third-order valence-corrected chi connectivity index (χ3v) is 5.75. The van der Waals surface area contributed by atoms with Crippen molar-refractivity contribution in [3.05, 3.63) is 48.0 Å². The fourth-order valence-corrected chi connectivity index (χ4v) is 3.99. The zero-order valence-corrected chi connectivity index (χ0v) is 17.8. The van der Waals surface area contributed by atoms with Gasteiger partial charge in [-0.25, -0.2) is 4.99 Å². The number of methoxy groups -OCH3 is 3. The van der Waals surface area contributed by atoms with E-state index >= 15 is 0 Å². The SMILES string of the molecule is COc1ccc(N=C2SC(C(N)=O)CC(=O)N2Cc2ccc(OC)c(OC)c2)cc1. The number of aliphatic imine (C=N–C) groups is 1. The summed E-state index contributed by atoms with van der Waals surface area (Å²) < 4.78 is 15.8. The molecular weight excluding hydrogens is 406 g/mol. The van der Waals surface area contributed by atoms with Crippen LogP contribution in [-0.4, -0.2) is 48.5 Å². The summed E-state index contributed by atoms with van der Waals surface area (Å²) in [6, 6.07) is 12.5. The van der Waals surface area contributed by atoms with Crippen molar-refractivity contribution in [1.82, 2.24) is 4.90 Å².